The molecule has 0 unspecified atom stereocenters. The van der Waals surface area contributed by atoms with Gasteiger partial charge >= 0.3 is 12.1 Å². The van der Waals surface area contributed by atoms with Gasteiger partial charge in [-0.1, -0.05) is 67.0 Å². The predicted molar refractivity (Wildman–Crippen MR) is 216 cm³/mol. The van der Waals surface area contributed by atoms with Gasteiger partial charge in [-0.25, -0.2) is 0 Å². The predicted octanol–water partition coefficient (Wildman–Crippen LogP) is 5.10. The van der Waals surface area contributed by atoms with Gasteiger partial charge in [0, 0.05) is 39.3 Å². The Morgan fingerprint density at radius 2 is 1.54 bits per heavy atom. The zero-order valence-corrected chi connectivity index (χ0v) is 36.4. The highest BCUT2D eigenvalue weighted by atomic mass is 32.2. The number of likely N-dealkylation sites (tertiary alicyclic amines) is 1. The molecule has 1 aliphatic rings. The Morgan fingerprint density at radius 3 is 2.04 bits per heavy atom. The summed E-state index contributed by atoms with van der Waals surface area (Å²) in [6, 6.07) is 3.72. The average molecular weight is 831 g/mol. The second-order valence-electron chi connectivity index (χ2n) is 15.9. The Bertz CT molecular complexity index is 1470. The van der Waals surface area contributed by atoms with Crippen LogP contribution < -0.4 is 15.4 Å². The summed E-state index contributed by atoms with van der Waals surface area (Å²) in [6.07, 6.45) is -4.26. The highest BCUT2D eigenvalue weighted by Crippen LogP contribution is 2.30. The van der Waals surface area contributed by atoms with E-state index in [9.17, 15) is 37.1 Å². The molecule has 1 fully saturated rings. The Balaban J connectivity index is 2.15. The van der Waals surface area contributed by atoms with Gasteiger partial charge in [-0.15, -0.1) is 0 Å². The van der Waals surface area contributed by atoms with Crippen molar-refractivity contribution < 1.29 is 46.6 Å². The normalized spacial score (nSPS) is 18.4. The van der Waals surface area contributed by atoms with Crippen LogP contribution in [0.3, 0.4) is 0 Å². The molecule has 0 radical (unpaired) electrons. The molecule has 2 rings (SSSR count). The third-order valence-corrected chi connectivity index (χ3v) is 11.6. The summed E-state index contributed by atoms with van der Waals surface area (Å²) >= 11 is 1.10. The van der Waals surface area contributed by atoms with Crippen LogP contribution in [-0.4, -0.2) is 129 Å². The number of ether oxygens (including phenoxy) is 2. The van der Waals surface area contributed by atoms with Gasteiger partial charge in [0.05, 0.1) is 42.7 Å². The Morgan fingerprint density at radius 1 is 0.930 bits per heavy atom. The lowest BCUT2D eigenvalue weighted by atomic mass is 9.89. The maximum Gasteiger partial charge on any atom is 0.471 e. The van der Waals surface area contributed by atoms with Crippen LogP contribution in [0.5, 0.6) is 0 Å². The van der Waals surface area contributed by atoms with E-state index in [0.717, 1.165) is 11.9 Å². The van der Waals surface area contributed by atoms with Crippen molar-refractivity contribution in [1.82, 2.24) is 24.7 Å². The number of methoxy groups -OCH3 is 2. The maximum absolute atomic E-state index is 14.2. The number of anilines is 1. The van der Waals surface area contributed by atoms with Crippen LogP contribution in [0.4, 0.5) is 18.9 Å². The minimum Gasteiger partial charge on any atom is -0.379 e. The highest BCUT2D eigenvalue weighted by Gasteiger charge is 2.43. The van der Waals surface area contributed by atoms with Gasteiger partial charge in [-0.3, -0.25) is 33.6 Å². The maximum atomic E-state index is 14.2. The van der Waals surface area contributed by atoms with Crippen molar-refractivity contribution in [3.63, 3.8) is 0 Å². The SMILES string of the molecule is CC[C@H](C)[C@@H]([C@@H](CC(=O)N1CCC[C@H]1[C@H](OC)[C@@H](C)C(=O)NSCc1ccc(NC(=O)C(F)(F)F)cc1)OC)N(C)C(=O)[C@@H](NC(=O)[C@H](C(C)C)N(C)C)C(C)C. The van der Waals surface area contributed by atoms with Gasteiger partial charge in [-0.05, 0) is 74.3 Å². The fourth-order valence-corrected chi connectivity index (χ4v) is 8.34. The van der Waals surface area contributed by atoms with E-state index < -0.39 is 54.4 Å². The van der Waals surface area contributed by atoms with Crippen LogP contribution in [0.15, 0.2) is 24.3 Å². The summed E-state index contributed by atoms with van der Waals surface area (Å²) in [5, 5.41) is 4.81. The summed E-state index contributed by atoms with van der Waals surface area (Å²) in [6.45, 7) is 13.9. The number of hydrogen-bond acceptors (Lipinski definition) is 9. The summed E-state index contributed by atoms with van der Waals surface area (Å²) in [7, 11) is 8.41. The summed E-state index contributed by atoms with van der Waals surface area (Å²) in [5.41, 5.74) is 0.703. The molecule has 1 aromatic rings. The van der Waals surface area contributed by atoms with E-state index in [1.165, 1.54) is 26.4 Å². The van der Waals surface area contributed by atoms with Gasteiger partial charge < -0.3 is 29.9 Å². The number of halogens is 3. The van der Waals surface area contributed by atoms with Gasteiger partial charge in [0.2, 0.25) is 23.6 Å². The van der Waals surface area contributed by atoms with Crippen molar-refractivity contribution in [2.45, 2.75) is 122 Å². The van der Waals surface area contributed by atoms with Crippen LogP contribution >= 0.6 is 11.9 Å². The molecule has 0 bridgehead atoms. The second kappa shape index (κ2) is 22.7. The molecule has 1 saturated heterocycles. The van der Waals surface area contributed by atoms with E-state index in [1.807, 2.05) is 60.5 Å². The van der Waals surface area contributed by atoms with Crippen LogP contribution in [0.25, 0.3) is 0 Å². The number of nitrogens with one attached hydrogen (secondary N) is 3. The molecule has 8 atom stereocenters. The lowest BCUT2D eigenvalue weighted by molar-refractivity contribution is -0.167. The quantitative estimate of drug-likeness (QED) is 0.144. The fourth-order valence-electron chi connectivity index (χ4n) is 7.58. The molecule has 57 heavy (non-hydrogen) atoms. The first-order chi connectivity index (χ1) is 26.6. The highest BCUT2D eigenvalue weighted by molar-refractivity contribution is 7.97. The smallest absolute Gasteiger partial charge is 0.379 e. The molecule has 0 saturated carbocycles. The van der Waals surface area contributed by atoms with Crippen LogP contribution in [0.2, 0.25) is 0 Å². The van der Waals surface area contributed by atoms with Crippen LogP contribution in [0.1, 0.15) is 79.7 Å². The number of carbonyl (C=O) groups is 5. The lowest BCUT2D eigenvalue weighted by Gasteiger charge is -2.41. The van der Waals surface area contributed by atoms with Crippen molar-refractivity contribution in [1.29, 1.82) is 0 Å². The average Bonchev–Trinajstić information content (AvgIpc) is 3.62. The van der Waals surface area contributed by atoms with E-state index in [-0.39, 0.29) is 53.5 Å². The van der Waals surface area contributed by atoms with Crippen molar-refractivity contribution >= 4 is 47.2 Å². The van der Waals surface area contributed by atoms with Gasteiger partial charge in [0.15, 0.2) is 0 Å². The first kappa shape index (κ1) is 49.7. The van der Waals surface area contributed by atoms with E-state index in [0.29, 0.717) is 37.1 Å². The largest absolute Gasteiger partial charge is 0.471 e. The zero-order chi connectivity index (χ0) is 43.4. The molecular formula is C40H65F3N6O7S. The number of hydrogen-bond donors (Lipinski definition) is 3. The third kappa shape index (κ3) is 13.8. The van der Waals surface area contributed by atoms with E-state index >= 15 is 0 Å². The zero-order valence-electron chi connectivity index (χ0n) is 35.6. The first-order valence-corrected chi connectivity index (χ1v) is 20.6. The number of rotatable bonds is 21. The summed E-state index contributed by atoms with van der Waals surface area (Å²) in [5.74, 6) is -3.63. The molecule has 324 valence electrons. The van der Waals surface area contributed by atoms with Crippen molar-refractivity contribution in [3.05, 3.63) is 29.8 Å². The van der Waals surface area contributed by atoms with Crippen LogP contribution in [0, 0.1) is 23.7 Å². The van der Waals surface area contributed by atoms with Gasteiger partial charge in [0.1, 0.15) is 6.04 Å². The topological polar surface area (TPSA) is 150 Å². The number of alkyl halides is 3. The van der Waals surface area contributed by atoms with Gasteiger partial charge in [-0.2, -0.15) is 13.2 Å². The first-order valence-electron chi connectivity index (χ1n) is 19.6. The summed E-state index contributed by atoms with van der Waals surface area (Å²) in [4.78, 5) is 71.5. The Hall–Kier alpha value is -3.41. The van der Waals surface area contributed by atoms with Crippen molar-refractivity contribution in [2.75, 3.05) is 47.2 Å². The molecule has 0 aromatic heterocycles. The van der Waals surface area contributed by atoms with Gasteiger partial charge in [0.25, 0.3) is 0 Å². The molecule has 3 N–H and O–H groups in total. The minimum absolute atomic E-state index is 0.00391. The monoisotopic (exact) mass is 830 g/mol. The third-order valence-electron chi connectivity index (χ3n) is 10.8. The van der Waals surface area contributed by atoms with E-state index in [4.69, 9.17) is 9.47 Å². The summed E-state index contributed by atoms with van der Waals surface area (Å²) < 4.78 is 52.3. The van der Waals surface area contributed by atoms with E-state index in [1.54, 1.807) is 41.2 Å². The Labute approximate surface area is 341 Å². The van der Waals surface area contributed by atoms with Crippen LogP contribution in [-0.2, 0) is 39.2 Å². The fraction of sp³-hybridized carbons (Fsp3) is 0.725. The minimum atomic E-state index is -5.00. The Kier molecular flexibility index (Phi) is 19.8. The number of nitrogens with zero attached hydrogens (tertiary/aromatic N) is 3. The molecule has 1 aliphatic heterocycles. The molecule has 13 nitrogen and oxygen atoms in total. The van der Waals surface area contributed by atoms with E-state index in [2.05, 4.69) is 10.0 Å². The second-order valence-corrected chi connectivity index (χ2v) is 16.7. The number of likely N-dealkylation sites (N-methyl/N-ethyl adjacent to an activating group) is 2. The number of carbonyl (C=O) groups excluding carboxylic acids is 5. The molecule has 1 heterocycles. The molecule has 17 heteroatoms. The standard InChI is InChI=1S/C40H65F3N6O7S/c1-13-25(6)34(48(10)38(53)32(23(2)3)45-37(52)33(24(4)5)47(8)9)30(55-11)21-31(50)49-20-14-15-29(49)35(56-12)26(7)36(51)46-57-22-27-16-18-28(19-17-27)44-39(54)40(41,42)43/h16-19,23-26,29-30,32-35H,13-15,20-22H2,1-12H3,(H,44,54)(H,45,52)(H,46,51)/t25-,26+,29-,30+,32-,33-,34-,35+/m0/s1. The number of benzene rings is 1. The van der Waals surface area contributed by atoms with Crippen molar-refractivity contribution in [3.8, 4) is 0 Å². The molecular weight excluding hydrogens is 766 g/mol. The molecule has 0 aliphatic carbocycles. The molecule has 5 amide bonds. The van der Waals surface area contributed by atoms with Crippen molar-refractivity contribution in [2.24, 2.45) is 23.7 Å². The molecule has 0 spiro atoms. The lowest BCUT2D eigenvalue weighted by Crippen LogP contribution is -2.59. The number of amides is 5. The molecule has 1 aromatic carbocycles.